The molecule has 5 fully saturated rings. The van der Waals surface area contributed by atoms with E-state index in [4.69, 9.17) is 0 Å². The first-order valence-electron chi connectivity index (χ1n) is 12.8. The van der Waals surface area contributed by atoms with Gasteiger partial charge >= 0.3 is 0 Å². The molecule has 1 aliphatic heterocycles. The van der Waals surface area contributed by atoms with E-state index in [-0.39, 0.29) is 29.1 Å². The van der Waals surface area contributed by atoms with Crippen LogP contribution in [0.3, 0.4) is 0 Å². The fourth-order valence-electron chi connectivity index (χ4n) is 7.29. The molecule has 1 aromatic carbocycles. The molecule has 6 rings (SSSR count). The van der Waals surface area contributed by atoms with Gasteiger partial charge in [0, 0.05) is 37.2 Å². The van der Waals surface area contributed by atoms with E-state index in [9.17, 15) is 14.4 Å². The summed E-state index contributed by atoms with van der Waals surface area (Å²) in [5.41, 5.74) is 0.434. The number of hydrogen-bond donors (Lipinski definition) is 1. The molecule has 1 saturated heterocycles. The Hall–Kier alpha value is -2.37. The number of carbonyl (C=O) groups is 3. The maximum absolute atomic E-state index is 13.6. The van der Waals surface area contributed by atoms with E-state index in [0.29, 0.717) is 49.5 Å². The van der Waals surface area contributed by atoms with Crippen LogP contribution in [0, 0.1) is 29.1 Å². The lowest BCUT2D eigenvalue weighted by molar-refractivity contribution is -0.151. The van der Waals surface area contributed by atoms with Gasteiger partial charge < -0.3 is 15.1 Å². The smallest absolute Gasteiger partial charge is 0.253 e. The summed E-state index contributed by atoms with van der Waals surface area (Å²) >= 11 is 0. The van der Waals surface area contributed by atoms with Crippen LogP contribution in [0.4, 0.5) is 0 Å². The van der Waals surface area contributed by atoms with Crippen molar-refractivity contribution in [3.63, 3.8) is 0 Å². The molecule has 4 saturated carbocycles. The molecule has 1 unspecified atom stereocenters. The Morgan fingerprint density at radius 1 is 0.848 bits per heavy atom. The molecule has 6 nitrogen and oxygen atoms in total. The monoisotopic (exact) mass is 451 g/mol. The van der Waals surface area contributed by atoms with E-state index in [1.807, 2.05) is 54.0 Å². The number of piperazine rings is 1. The Bertz CT molecular complexity index is 869. The topological polar surface area (TPSA) is 69.7 Å². The van der Waals surface area contributed by atoms with Gasteiger partial charge in [-0.2, -0.15) is 0 Å². The van der Waals surface area contributed by atoms with E-state index >= 15 is 0 Å². The van der Waals surface area contributed by atoms with Gasteiger partial charge in [0.05, 0.1) is 0 Å². The van der Waals surface area contributed by atoms with Crippen molar-refractivity contribution in [3.05, 3.63) is 35.9 Å². The van der Waals surface area contributed by atoms with Crippen molar-refractivity contribution >= 4 is 17.7 Å². The third kappa shape index (κ3) is 4.29. The molecule has 178 valence electrons. The van der Waals surface area contributed by atoms with Crippen LogP contribution in [0.2, 0.25) is 0 Å². The number of hydrogen-bond acceptors (Lipinski definition) is 3. The van der Waals surface area contributed by atoms with Crippen molar-refractivity contribution in [1.29, 1.82) is 0 Å². The van der Waals surface area contributed by atoms with Crippen molar-refractivity contribution in [1.82, 2.24) is 15.1 Å². The minimum atomic E-state index is -0.498. The van der Waals surface area contributed by atoms with Crippen LogP contribution in [0.15, 0.2) is 30.3 Å². The zero-order chi connectivity index (χ0) is 23.2. The number of benzene rings is 1. The van der Waals surface area contributed by atoms with Crippen LogP contribution >= 0.6 is 0 Å². The molecule has 0 spiro atoms. The molecule has 4 aliphatic carbocycles. The molecular weight excluding hydrogens is 414 g/mol. The van der Waals surface area contributed by atoms with Crippen LogP contribution in [0.5, 0.6) is 0 Å². The number of amides is 3. The lowest BCUT2D eigenvalue weighted by atomic mass is 9.49. The highest BCUT2D eigenvalue weighted by Crippen LogP contribution is 2.60. The van der Waals surface area contributed by atoms with E-state index in [0.717, 1.165) is 19.3 Å². The first-order valence-corrected chi connectivity index (χ1v) is 12.8. The summed E-state index contributed by atoms with van der Waals surface area (Å²) in [6, 6.07) is 8.79. The molecule has 1 heterocycles. The molecule has 1 aromatic rings. The van der Waals surface area contributed by atoms with Gasteiger partial charge in [0.1, 0.15) is 6.04 Å². The zero-order valence-corrected chi connectivity index (χ0v) is 20.0. The third-order valence-electron chi connectivity index (χ3n) is 8.64. The molecule has 3 amide bonds. The van der Waals surface area contributed by atoms with Gasteiger partial charge in [-0.3, -0.25) is 14.4 Å². The van der Waals surface area contributed by atoms with Crippen molar-refractivity contribution in [2.24, 2.45) is 29.1 Å². The SMILES string of the molecule is CC(C)C(NC(=O)C12CC3CC(CC(C3)C1)C2)C(=O)N1CCN(C(=O)c2ccccc2)CC1. The molecule has 0 radical (unpaired) electrons. The standard InChI is InChI=1S/C27H37N3O3/c1-18(2)23(28-26(33)27-15-19-12-20(16-27)14-21(13-19)17-27)25(32)30-10-8-29(9-11-30)24(31)22-6-4-3-5-7-22/h3-7,18-21,23H,8-17H2,1-2H3,(H,28,33). The number of rotatable bonds is 5. The minimum absolute atomic E-state index is 0.00473. The quantitative estimate of drug-likeness (QED) is 0.747. The number of carbonyl (C=O) groups excluding carboxylic acids is 3. The largest absolute Gasteiger partial charge is 0.344 e. The maximum Gasteiger partial charge on any atom is 0.253 e. The van der Waals surface area contributed by atoms with E-state index in [2.05, 4.69) is 5.32 Å². The predicted molar refractivity (Wildman–Crippen MR) is 126 cm³/mol. The Morgan fingerprint density at radius 3 is 1.88 bits per heavy atom. The van der Waals surface area contributed by atoms with Crippen LogP contribution < -0.4 is 5.32 Å². The average molecular weight is 452 g/mol. The summed E-state index contributed by atoms with van der Waals surface area (Å²) in [7, 11) is 0. The Labute approximate surface area is 197 Å². The second-order valence-electron chi connectivity index (χ2n) is 11.4. The molecule has 0 aromatic heterocycles. The van der Waals surface area contributed by atoms with Gasteiger partial charge in [-0.1, -0.05) is 32.0 Å². The summed E-state index contributed by atoms with van der Waals surface area (Å²) in [6.07, 6.45) is 6.90. The average Bonchev–Trinajstić information content (AvgIpc) is 2.81. The van der Waals surface area contributed by atoms with Gasteiger partial charge in [-0.25, -0.2) is 0 Å². The molecule has 6 heteroatoms. The molecule has 4 bridgehead atoms. The highest BCUT2D eigenvalue weighted by atomic mass is 16.2. The van der Waals surface area contributed by atoms with Gasteiger partial charge in [-0.05, 0) is 74.3 Å². The van der Waals surface area contributed by atoms with Gasteiger partial charge in [-0.15, -0.1) is 0 Å². The summed E-state index contributed by atoms with van der Waals surface area (Å²) in [4.78, 5) is 43.4. The van der Waals surface area contributed by atoms with E-state index in [1.165, 1.54) is 19.3 Å². The molecule has 1 atom stereocenters. The second-order valence-corrected chi connectivity index (χ2v) is 11.4. The van der Waals surface area contributed by atoms with Gasteiger partial charge in [0.25, 0.3) is 5.91 Å². The molecule has 5 aliphatic rings. The van der Waals surface area contributed by atoms with Crippen molar-refractivity contribution < 1.29 is 14.4 Å². The summed E-state index contributed by atoms with van der Waals surface area (Å²) in [5, 5.41) is 3.22. The molecule has 33 heavy (non-hydrogen) atoms. The lowest BCUT2D eigenvalue weighted by Crippen LogP contribution is -2.60. The molecule has 1 N–H and O–H groups in total. The summed E-state index contributed by atoms with van der Waals surface area (Å²) < 4.78 is 0. The van der Waals surface area contributed by atoms with Crippen LogP contribution in [0.1, 0.15) is 62.7 Å². The minimum Gasteiger partial charge on any atom is -0.344 e. The number of nitrogens with zero attached hydrogens (tertiary/aromatic N) is 2. The second kappa shape index (κ2) is 8.77. The normalized spacial score (nSPS) is 31.5. The van der Waals surface area contributed by atoms with Crippen LogP contribution in [-0.2, 0) is 9.59 Å². The predicted octanol–water partition coefficient (Wildman–Crippen LogP) is 3.33. The molecular formula is C27H37N3O3. The lowest BCUT2D eigenvalue weighted by Gasteiger charge is -2.56. The fourth-order valence-corrected chi connectivity index (χ4v) is 7.29. The summed E-state index contributed by atoms with van der Waals surface area (Å²) in [5.74, 6) is 2.25. The van der Waals surface area contributed by atoms with Gasteiger partial charge in [0.2, 0.25) is 11.8 Å². The Kier molecular flexibility index (Phi) is 5.96. The van der Waals surface area contributed by atoms with E-state index < -0.39 is 6.04 Å². The van der Waals surface area contributed by atoms with E-state index in [1.54, 1.807) is 0 Å². The first-order chi connectivity index (χ1) is 15.8. The number of nitrogens with one attached hydrogen (secondary N) is 1. The van der Waals surface area contributed by atoms with Crippen LogP contribution in [-0.4, -0.2) is 59.7 Å². The van der Waals surface area contributed by atoms with Gasteiger partial charge in [0.15, 0.2) is 0 Å². The summed E-state index contributed by atoms with van der Waals surface area (Å²) in [6.45, 7) is 6.08. The first kappa shape index (κ1) is 22.4. The van der Waals surface area contributed by atoms with Crippen molar-refractivity contribution in [2.75, 3.05) is 26.2 Å². The highest BCUT2D eigenvalue weighted by Gasteiger charge is 2.55. The zero-order valence-electron chi connectivity index (χ0n) is 20.0. The Morgan fingerprint density at radius 2 is 1.36 bits per heavy atom. The fraction of sp³-hybridized carbons (Fsp3) is 0.667. The maximum atomic E-state index is 13.6. The van der Waals surface area contributed by atoms with Crippen LogP contribution in [0.25, 0.3) is 0 Å². The highest BCUT2D eigenvalue weighted by molar-refractivity contribution is 5.94. The Balaban J connectivity index is 1.21. The third-order valence-corrected chi connectivity index (χ3v) is 8.64. The van der Waals surface area contributed by atoms with Crippen molar-refractivity contribution in [3.8, 4) is 0 Å². The van der Waals surface area contributed by atoms with Crippen molar-refractivity contribution in [2.45, 2.75) is 58.4 Å².